The van der Waals surface area contributed by atoms with Crippen LogP contribution >= 0.6 is 11.8 Å². The lowest BCUT2D eigenvalue weighted by Crippen LogP contribution is -2.56. The van der Waals surface area contributed by atoms with Gasteiger partial charge in [0.15, 0.2) is 0 Å². The van der Waals surface area contributed by atoms with Crippen LogP contribution in [0.4, 0.5) is 0 Å². The molecule has 0 aromatic carbocycles. The van der Waals surface area contributed by atoms with Crippen molar-refractivity contribution >= 4 is 29.5 Å². The molecule has 0 radical (unpaired) electrons. The summed E-state index contributed by atoms with van der Waals surface area (Å²) in [5.74, 6) is 0.237. The number of nitrogens with two attached hydrogens (primary N) is 1. The van der Waals surface area contributed by atoms with Crippen LogP contribution in [0, 0.1) is 0 Å². The Morgan fingerprint density at radius 2 is 1.70 bits per heavy atom. The molecule has 3 amide bonds. The van der Waals surface area contributed by atoms with E-state index in [1.54, 1.807) is 32.7 Å². The molecule has 1 aliphatic rings. The van der Waals surface area contributed by atoms with E-state index in [4.69, 9.17) is 5.73 Å². The minimum absolute atomic E-state index is 0.0298. The van der Waals surface area contributed by atoms with Crippen LogP contribution in [0.3, 0.4) is 0 Å². The Hall–Kier alpha value is -1.36. The molecule has 1 aliphatic heterocycles. The molecule has 0 unspecified atom stereocenters. The highest BCUT2D eigenvalue weighted by Gasteiger charge is 2.36. The monoisotopic (exact) mass is 487 g/mol. The van der Waals surface area contributed by atoms with Crippen molar-refractivity contribution < 1.29 is 19.5 Å². The molecular weight excluding hydrogens is 442 g/mol. The number of amides is 3. The van der Waals surface area contributed by atoms with E-state index in [9.17, 15) is 19.5 Å². The Morgan fingerprint density at radius 1 is 1.09 bits per heavy atom. The van der Waals surface area contributed by atoms with E-state index in [1.165, 1.54) is 16.8 Å². The average Bonchev–Trinajstić information content (AvgIpc) is 2.74. The second kappa shape index (κ2) is 14.1. The van der Waals surface area contributed by atoms with Gasteiger partial charge in [0.2, 0.25) is 17.7 Å². The number of nitrogens with zero attached hydrogens (tertiary/aromatic N) is 4. The topological polar surface area (TPSA) is 110 Å². The predicted octanol–water partition coefficient (Wildman–Crippen LogP) is 0.458. The van der Waals surface area contributed by atoms with Crippen LogP contribution < -0.4 is 5.73 Å². The fourth-order valence-corrected chi connectivity index (χ4v) is 4.95. The molecule has 10 heteroatoms. The largest absolute Gasteiger partial charge is 0.390 e. The van der Waals surface area contributed by atoms with E-state index in [2.05, 4.69) is 16.8 Å². The molecule has 1 heterocycles. The third-order valence-corrected chi connectivity index (χ3v) is 7.21. The minimum atomic E-state index is -1.16. The summed E-state index contributed by atoms with van der Waals surface area (Å²) in [6.07, 6.45) is 2.10. The molecule has 0 aromatic heterocycles. The van der Waals surface area contributed by atoms with Crippen LogP contribution in [0.15, 0.2) is 0 Å². The number of rotatable bonds is 14. The number of likely N-dealkylation sites (N-methyl/N-ethyl adjacent to an activating group) is 3. The number of piperazine rings is 1. The van der Waals surface area contributed by atoms with Gasteiger partial charge in [-0.05, 0) is 46.0 Å². The lowest BCUT2D eigenvalue weighted by Gasteiger charge is -2.35. The normalized spacial score (nSPS) is 17.4. The first kappa shape index (κ1) is 29.7. The zero-order chi connectivity index (χ0) is 25.2. The molecule has 3 N–H and O–H groups in total. The van der Waals surface area contributed by atoms with Crippen molar-refractivity contribution in [3.63, 3.8) is 0 Å². The summed E-state index contributed by atoms with van der Waals surface area (Å²) in [5, 5.41) is 10.2. The lowest BCUT2D eigenvalue weighted by molar-refractivity contribution is -0.147. The number of thioether (sulfide) groups is 1. The molecule has 0 spiro atoms. The standard InChI is InChI=1S/C23H45N5O4S/c1-7-9-20(29)26(5)19(17-33-15-8-10-28-13-11-25(4)12-14-28)22(31)27(6)18(21(24)30)16-23(2,3)32/h18-19,32H,7-17H2,1-6H3,(H2,24,30)/t18-,19+/m0/s1. The first-order chi connectivity index (χ1) is 15.4. The maximum absolute atomic E-state index is 13.4. The molecular formula is C23H45N5O4S. The highest BCUT2D eigenvalue weighted by Crippen LogP contribution is 2.19. The van der Waals surface area contributed by atoms with Gasteiger partial charge in [0.05, 0.1) is 5.60 Å². The number of hydrogen-bond acceptors (Lipinski definition) is 7. The van der Waals surface area contributed by atoms with Crippen LogP contribution in [0.25, 0.3) is 0 Å². The van der Waals surface area contributed by atoms with Crippen molar-refractivity contribution in [2.24, 2.45) is 5.73 Å². The smallest absolute Gasteiger partial charge is 0.246 e. The van der Waals surface area contributed by atoms with Crippen molar-refractivity contribution in [2.75, 3.05) is 65.4 Å². The number of carbonyl (C=O) groups is 3. The van der Waals surface area contributed by atoms with Crippen molar-refractivity contribution in [1.82, 2.24) is 19.6 Å². The van der Waals surface area contributed by atoms with Crippen molar-refractivity contribution in [3.8, 4) is 0 Å². The third kappa shape index (κ3) is 10.6. The average molecular weight is 488 g/mol. The minimum Gasteiger partial charge on any atom is -0.390 e. The Morgan fingerprint density at radius 3 is 2.21 bits per heavy atom. The quantitative estimate of drug-likeness (QED) is 0.343. The number of aliphatic hydroxyl groups is 1. The van der Waals surface area contributed by atoms with Crippen molar-refractivity contribution in [1.29, 1.82) is 0 Å². The summed E-state index contributed by atoms with van der Waals surface area (Å²) in [5.41, 5.74) is 4.39. The van der Waals surface area contributed by atoms with Gasteiger partial charge in [-0.2, -0.15) is 11.8 Å². The molecule has 1 fully saturated rings. The molecule has 0 aliphatic carbocycles. The van der Waals surface area contributed by atoms with Gasteiger partial charge in [0.1, 0.15) is 12.1 Å². The fraction of sp³-hybridized carbons (Fsp3) is 0.870. The number of carbonyl (C=O) groups excluding carboxylic acids is 3. The van der Waals surface area contributed by atoms with Crippen LogP contribution in [-0.2, 0) is 14.4 Å². The van der Waals surface area contributed by atoms with E-state index in [-0.39, 0.29) is 18.2 Å². The fourth-order valence-electron chi connectivity index (χ4n) is 3.86. The Labute approximate surface area is 204 Å². The summed E-state index contributed by atoms with van der Waals surface area (Å²) in [7, 11) is 5.31. The van der Waals surface area contributed by atoms with Crippen molar-refractivity contribution in [3.05, 3.63) is 0 Å². The second-order valence-electron chi connectivity index (χ2n) is 9.73. The molecule has 0 bridgehead atoms. The summed E-state index contributed by atoms with van der Waals surface area (Å²) < 4.78 is 0. The number of primary amides is 1. The van der Waals surface area contributed by atoms with Gasteiger partial charge in [-0.15, -0.1) is 0 Å². The summed E-state index contributed by atoms with van der Waals surface area (Å²) in [6, 6.07) is -1.64. The van der Waals surface area contributed by atoms with E-state index >= 15 is 0 Å². The predicted molar refractivity (Wildman–Crippen MR) is 134 cm³/mol. The van der Waals surface area contributed by atoms with Gasteiger partial charge in [0.25, 0.3) is 0 Å². The molecule has 0 aromatic rings. The van der Waals surface area contributed by atoms with Gasteiger partial charge in [-0.1, -0.05) is 6.92 Å². The van der Waals surface area contributed by atoms with Gasteiger partial charge in [0, 0.05) is 58.9 Å². The molecule has 2 atom stereocenters. The Balaban J connectivity index is 2.76. The van der Waals surface area contributed by atoms with Gasteiger partial charge in [-0.25, -0.2) is 0 Å². The lowest BCUT2D eigenvalue weighted by atomic mass is 9.97. The Bertz CT molecular complexity index is 635. The van der Waals surface area contributed by atoms with E-state index in [0.717, 1.165) is 44.9 Å². The van der Waals surface area contributed by atoms with Crippen LogP contribution in [0.1, 0.15) is 46.5 Å². The second-order valence-corrected chi connectivity index (χ2v) is 10.9. The SMILES string of the molecule is CCCC(=O)N(C)[C@H](CSCCCN1CCN(C)CC1)C(=O)N(C)[C@@H](CC(C)(C)O)C(N)=O. The number of hydrogen-bond donors (Lipinski definition) is 2. The van der Waals surface area contributed by atoms with Crippen LogP contribution in [0.5, 0.6) is 0 Å². The third-order valence-electron chi connectivity index (χ3n) is 6.08. The highest BCUT2D eigenvalue weighted by atomic mass is 32.2. The summed E-state index contributed by atoms with van der Waals surface area (Å²) in [4.78, 5) is 45.6. The molecule has 0 saturated carbocycles. The maximum atomic E-state index is 13.4. The molecule has 192 valence electrons. The summed E-state index contributed by atoms with van der Waals surface area (Å²) >= 11 is 1.65. The zero-order valence-corrected chi connectivity index (χ0v) is 22.2. The van der Waals surface area contributed by atoms with E-state index in [0.29, 0.717) is 18.6 Å². The molecule has 1 saturated heterocycles. The van der Waals surface area contributed by atoms with Crippen molar-refractivity contribution in [2.45, 2.75) is 64.1 Å². The summed E-state index contributed by atoms with van der Waals surface area (Å²) in [6.45, 7) is 10.4. The van der Waals surface area contributed by atoms with Crippen LogP contribution in [0.2, 0.25) is 0 Å². The van der Waals surface area contributed by atoms with Gasteiger partial charge >= 0.3 is 0 Å². The first-order valence-electron chi connectivity index (χ1n) is 11.9. The molecule has 33 heavy (non-hydrogen) atoms. The molecule has 1 rings (SSSR count). The van der Waals surface area contributed by atoms with Gasteiger partial charge < -0.3 is 30.4 Å². The zero-order valence-electron chi connectivity index (χ0n) is 21.4. The maximum Gasteiger partial charge on any atom is 0.246 e. The van der Waals surface area contributed by atoms with E-state index < -0.39 is 23.6 Å². The Kier molecular flexibility index (Phi) is 12.7. The van der Waals surface area contributed by atoms with Crippen LogP contribution in [-0.4, -0.2) is 125 Å². The highest BCUT2D eigenvalue weighted by molar-refractivity contribution is 7.99. The van der Waals surface area contributed by atoms with E-state index in [1.807, 2.05) is 6.92 Å². The van der Waals surface area contributed by atoms with Gasteiger partial charge in [-0.3, -0.25) is 14.4 Å². The first-order valence-corrected chi connectivity index (χ1v) is 13.1. The molecule has 9 nitrogen and oxygen atoms in total.